The number of rotatable bonds is 1. The smallest absolute Gasteiger partial charge is 0.289 e. The highest BCUT2D eigenvalue weighted by atomic mass is 32.1. The van der Waals surface area contributed by atoms with Crippen LogP contribution in [0.25, 0.3) is 21.3 Å². The van der Waals surface area contributed by atoms with E-state index in [0.717, 1.165) is 17.4 Å². The van der Waals surface area contributed by atoms with Gasteiger partial charge in [0.1, 0.15) is 23.7 Å². The highest BCUT2D eigenvalue weighted by Gasteiger charge is 2.15. The molecule has 0 bridgehead atoms. The molecule has 0 saturated carbocycles. The summed E-state index contributed by atoms with van der Waals surface area (Å²) in [5.41, 5.74) is 6.74. The molecule has 6 nitrogen and oxygen atoms in total. The summed E-state index contributed by atoms with van der Waals surface area (Å²) < 4.78 is 39.9. The van der Waals surface area contributed by atoms with Crippen molar-refractivity contribution in [2.24, 2.45) is 0 Å². The molecular weight excluding hydrogens is 353 g/mol. The standard InChI is InChI=1S/C15H7F3N6S/c16-7-4-10-9(22-15(25-10)12(17)18)3-6(7)1-2-8-11-13(19)20-5-21-14(11)24-23-8/h3-5,12H,(H3,19,20,21,23,24). The quantitative estimate of drug-likeness (QED) is 0.509. The van der Waals surface area contributed by atoms with Crippen LogP contribution in [0.4, 0.5) is 19.0 Å². The summed E-state index contributed by atoms with van der Waals surface area (Å²) in [6, 6.07) is 2.48. The van der Waals surface area contributed by atoms with Crippen molar-refractivity contribution in [1.82, 2.24) is 25.1 Å². The number of H-pyrrole nitrogens is 1. The van der Waals surface area contributed by atoms with Crippen molar-refractivity contribution in [3.8, 4) is 11.8 Å². The van der Waals surface area contributed by atoms with E-state index in [1.165, 1.54) is 12.4 Å². The number of hydrogen-bond acceptors (Lipinski definition) is 6. The Bertz CT molecular complexity index is 1170. The van der Waals surface area contributed by atoms with Crippen LogP contribution in [0.15, 0.2) is 18.5 Å². The minimum absolute atomic E-state index is 0.0248. The number of thiazole rings is 1. The van der Waals surface area contributed by atoms with Crippen LogP contribution in [-0.4, -0.2) is 25.1 Å². The third-order valence-electron chi connectivity index (χ3n) is 3.38. The van der Waals surface area contributed by atoms with Crippen LogP contribution in [0.3, 0.4) is 0 Å². The van der Waals surface area contributed by atoms with Gasteiger partial charge in [-0.15, -0.1) is 11.3 Å². The van der Waals surface area contributed by atoms with Gasteiger partial charge in [-0.25, -0.2) is 28.1 Å². The molecule has 4 aromatic rings. The van der Waals surface area contributed by atoms with Crippen molar-refractivity contribution in [2.45, 2.75) is 6.43 Å². The molecule has 0 atom stereocenters. The zero-order valence-corrected chi connectivity index (χ0v) is 13.0. The zero-order chi connectivity index (χ0) is 17.6. The van der Waals surface area contributed by atoms with Crippen molar-refractivity contribution in [2.75, 3.05) is 5.73 Å². The minimum atomic E-state index is -2.70. The first-order valence-electron chi connectivity index (χ1n) is 6.87. The molecule has 0 aliphatic rings. The lowest BCUT2D eigenvalue weighted by molar-refractivity contribution is 0.151. The number of halogens is 3. The van der Waals surface area contributed by atoms with E-state index in [1.807, 2.05) is 0 Å². The number of nitrogens with two attached hydrogens (primary N) is 1. The van der Waals surface area contributed by atoms with Crippen LogP contribution < -0.4 is 5.73 Å². The third kappa shape index (κ3) is 2.64. The third-order valence-corrected chi connectivity index (χ3v) is 4.41. The van der Waals surface area contributed by atoms with Gasteiger partial charge in [0, 0.05) is 0 Å². The van der Waals surface area contributed by atoms with Gasteiger partial charge in [0.05, 0.1) is 21.2 Å². The summed E-state index contributed by atoms with van der Waals surface area (Å²) >= 11 is 0.749. The topological polar surface area (TPSA) is 93.4 Å². The molecule has 3 aromatic heterocycles. The van der Waals surface area contributed by atoms with Crippen LogP contribution in [0.5, 0.6) is 0 Å². The van der Waals surface area contributed by atoms with Gasteiger partial charge in [0.25, 0.3) is 6.43 Å². The molecule has 0 aliphatic carbocycles. The van der Waals surface area contributed by atoms with E-state index in [0.29, 0.717) is 21.4 Å². The summed E-state index contributed by atoms with van der Waals surface area (Å²) in [4.78, 5) is 11.6. The van der Waals surface area contributed by atoms with Gasteiger partial charge in [-0.2, -0.15) is 5.10 Å². The van der Waals surface area contributed by atoms with E-state index in [-0.39, 0.29) is 21.9 Å². The Hall–Kier alpha value is -3.19. The number of nitrogen functional groups attached to an aromatic ring is 1. The Labute approximate surface area is 141 Å². The second-order valence-electron chi connectivity index (χ2n) is 4.96. The van der Waals surface area contributed by atoms with Crippen molar-refractivity contribution >= 4 is 38.4 Å². The maximum Gasteiger partial charge on any atom is 0.289 e. The monoisotopic (exact) mass is 360 g/mol. The van der Waals surface area contributed by atoms with Gasteiger partial charge in [-0.3, -0.25) is 5.10 Å². The summed E-state index contributed by atoms with van der Waals surface area (Å²) in [5, 5.41) is 6.68. The first kappa shape index (κ1) is 15.3. The first-order valence-corrected chi connectivity index (χ1v) is 7.69. The Balaban J connectivity index is 1.80. The normalized spacial score (nSPS) is 11.2. The van der Waals surface area contributed by atoms with Crippen molar-refractivity contribution < 1.29 is 13.2 Å². The molecule has 0 aliphatic heterocycles. The minimum Gasteiger partial charge on any atom is -0.383 e. The Morgan fingerprint density at radius 2 is 2.04 bits per heavy atom. The lowest BCUT2D eigenvalue weighted by Gasteiger charge is -1.95. The van der Waals surface area contributed by atoms with E-state index in [9.17, 15) is 13.2 Å². The van der Waals surface area contributed by atoms with Crippen molar-refractivity contribution in [1.29, 1.82) is 0 Å². The Morgan fingerprint density at radius 3 is 2.84 bits per heavy atom. The van der Waals surface area contributed by atoms with E-state index in [2.05, 4.69) is 37.0 Å². The molecule has 0 unspecified atom stereocenters. The fourth-order valence-corrected chi connectivity index (χ4v) is 3.09. The van der Waals surface area contributed by atoms with Gasteiger partial charge in [-0.05, 0) is 18.1 Å². The molecule has 0 fully saturated rings. The molecule has 3 heterocycles. The van der Waals surface area contributed by atoms with Gasteiger partial charge in [-0.1, -0.05) is 5.92 Å². The summed E-state index contributed by atoms with van der Waals surface area (Å²) in [6.45, 7) is 0. The number of fused-ring (bicyclic) bond motifs is 2. The van der Waals surface area contributed by atoms with Crippen LogP contribution in [0.1, 0.15) is 22.7 Å². The van der Waals surface area contributed by atoms with E-state index < -0.39 is 12.2 Å². The molecule has 0 amide bonds. The highest BCUT2D eigenvalue weighted by Crippen LogP contribution is 2.30. The second kappa shape index (κ2) is 5.71. The average Bonchev–Trinajstić information content (AvgIpc) is 3.17. The number of nitrogens with zero attached hydrogens (tertiary/aromatic N) is 4. The maximum atomic E-state index is 14.2. The predicted molar refractivity (Wildman–Crippen MR) is 86.6 cm³/mol. The number of aromatic nitrogens is 5. The molecule has 10 heteroatoms. The number of aromatic amines is 1. The van der Waals surface area contributed by atoms with Crippen LogP contribution >= 0.6 is 11.3 Å². The second-order valence-corrected chi connectivity index (χ2v) is 6.02. The van der Waals surface area contributed by atoms with Gasteiger partial charge in [0.15, 0.2) is 10.7 Å². The van der Waals surface area contributed by atoms with Crippen LogP contribution in [0.2, 0.25) is 0 Å². The molecule has 1 aromatic carbocycles. The number of benzene rings is 1. The van der Waals surface area contributed by atoms with Crippen molar-refractivity contribution in [3.63, 3.8) is 0 Å². The molecular formula is C15H7F3N6S. The van der Waals surface area contributed by atoms with E-state index in [4.69, 9.17) is 5.73 Å². The fourth-order valence-electron chi connectivity index (χ4n) is 2.26. The SMILES string of the molecule is Nc1ncnc2n[nH]c(C#Cc3cc4nc(C(F)F)sc4cc3F)c12. The van der Waals surface area contributed by atoms with Gasteiger partial charge >= 0.3 is 0 Å². The zero-order valence-electron chi connectivity index (χ0n) is 12.2. The predicted octanol–water partition coefficient (Wildman–Crippen LogP) is 3.02. The molecule has 25 heavy (non-hydrogen) atoms. The van der Waals surface area contributed by atoms with Crippen molar-refractivity contribution in [3.05, 3.63) is 40.5 Å². The van der Waals surface area contributed by atoms with Gasteiger partial charge < -0.3 is 5.73 Å². The summed E-state index contributed by atoms with van der Waals surface area (Å²) in [6.07, 6.45) is -1.43. The Morgan fingerprint density at radius 1 is 1.20 bits per heavy atom. The number of hydrogen-bond donors (Lipinski definition) is 2. The van der Waals surface area contributed by atoms with Gasteiger partial charge in [0.2, 0.25) is 0 Å². The van der Waals surface area contributed by atoms with E-state index in [1.54, 1.807) is 0 Å². The number of alkyl halides is 2. The largest absolute Gasteiger partial charge is 0.383 e. The average molecular weight is 360 g/mol. The maximum absolute atomic E-state index is 14.2. The lowest BCUT2D eigenvalue weighted by Crippen LogP contribution is -1.92. The molecule has 3 N–H and O–H groups in total. The highest BCUT2D eigenvalue weighted by molar-refractivity contribution is 7.18. The fraction of sp³-hybridized carbons (Fsp3) is 0.0667. The molecule has 4 rings (SSSR count). The number of nitrogens with one attached hydrogen (secondary N) is 1. The Kier molecular flexibility index (Phi) is 3.51. The summed E-state index contributed by atoms with van der Waals surface area (Å²) in [5.74, 6) is 4.92. The number of anilines is 1. The van der Waals surface area contributed by atoms with Crippen LogP contribution in [0, 0.1) is 17.7 Å². The molecule has 0 radical (unpaired) electrons. The molecule has 0 spiro atoms. The van der Waals surface area contributed by atoms with Crippen LogP contribution in [-0.2, 0) is 0 Å². The van der Waals surface area contributed by atoms with E-state index >= 15 is 0 Å². The first-order chi connectivity index (χ1) is 12.0. The lowest BCUT2D eigenvalue weighted by atomic mass is 10.2. The molecule has 124 valence electrons. The molecule has 0 saturated heterocycles. The summed E-state index contributed by atoms with van der Waals surface area (Å²) in [7, 11) is 0.